The fourth-order valence-electron chi connectivity index (χ4n) is 4.41. The number of ether oxygens (including phenoxy) is 2. The zero-order chi connectivity index (χ0) is 24.4. The normalized spacial score (nSPS) is 21.1. The maximum Gasteiger partial charge on any atom is 0.256 e. The van der Waals surface area contributed by atoms with Crippen molar-refractivity contribution in [1.29, 1.82) is 0 Å². The third kappa shape index (κ3) is 5.16. The van der Waals surface area contributed by atoms with Crippen LogP contribution in [-0.2, 0) is 14.3 Å². The Balaban J connectivity index is 1.88. The molecule has 182 valence electrons. The summed E-state index contributed by atoms with van der Waals surface area (Å²) in [6, 6.07) is 6.15. The van der Waals surface area contributed by atoms with Crippen LogP contribution in [0.25, 0.3) is 0 Å². The number of amides is 3. The van der Waals surface area contributed by atoms with Gasteiger partial charge < -0.3 is 19.7 Å². The Hall–Kier alpha value is -2.61. The van der Waals surface area contributed by atoms with Crippen molar-refractivity contribution in [3.63, 3.8) is 0 Å². The second-order valence-electron chi connectivity index (χ2n) is 10.0. The van der Waals surface area contributed by atoms with E-state index in [9.17, 15) is 14.4 Å². The van der Waals surface area contributed by atoms with Crippen LogP contribution in [0.3, 0.4) is 0 Å². The number of nitrogens with one attached hydrogen (secondary N) is 1. The molecule has 2 unspecified atom stereocenters. The Bertz CT molecular complexity index is 869. The minimum absolute atomic E-state index is 0.00163. The van der Waals surface area contributed by atoms with Crippen LogP contribution in [0.5, 0.6) is 5.75 Å². The molecule has 33 heavy (non-hydrogen) atoms. The lowest BCUT2D eigenvalue weighted by Gasteiger charge is -2.45. The standard InChI is InChI=1S/C25H37N3O5/c1-7-17(2)26-21(29)20-16-33-25(12-14-27(15-13-25)23(31)24(3,4)5)28(20)22(30)18-8-10-19(32-6)11-9-18/h8-11,17,20H,7,12-16H2,1-6H3,(H,26,29). The van der Waals surface area contributed by atoms with Gasteiger partial charge in [-0.15, -0.1) is 0 Å². The molecule has 0 aliphatic carbocycles. The Kier molecular flexibility index (Phi) is 7.36. The summed E-state index contributed by atoms with van der Waals surface area (Å²) in [5.74, 6) is 0.264. The van der Waals surface area contributed by atoms with Crippen LogP contribution in [0.2, 0.25) is 0 Å². The van der Waals surface area contributed by atoms with Crippen molar-refractivity contribution >= 4 is 17.7 Å². The summed E-state index contributed by atoms with van der Waals surface area (Å²) in [4.78, 5) is 43.1. The topological polar surface area (TPSA) is 88.2 Å². The molecule has 2 saturated heterocycles. The van der Waals surface area contributed by atoms with Crippen molar-refractivity contribution in [1.82, 2.24) is 15.1 Å². The molecule has 1 aromatic rings. The first kappa shape index (κ1) is 25.0. The highest BCUT2D eigenvalue weighted by Crippen LogP contribution is 2.39. The molecule has 8 heteroatoms. The Morgan fingerprint density at radius 3 is 2.30 bits per heavy atom. The Morgan fingerprint density at radius 2 is 1.79 bits per heavy atom. The van der Waals surface area contributed by atoms with Crippen molar-refractivity contribution in [3.05, 3.63) is 29.8 Å². The van der Waals surface area contributed by atoms with E-state index in [4.69, 9.17) is 9.47 Å². The van der Waals surface area contributed by atoms with Crippen LogP contribution in [0, 0.1) is 5.41 Å². The van der Waals surface area contributed by atoms with Gasteiger partial charge >= 0.3 is 0 Å². The van der Waals surface area contributed by atoms with E-state index >= 15 is 0 Å². The van der Waals surface area contributed by atoms with Gasteiger partial charge in [0.25, 0.3) is 5.91 Å². The van der Waals surface area contributed by atoms with Gasteiger partial charge in [-0.3, -0.25) is 19.3 Å². The van der Waals surface area contributed by atoms with Crippen LogP contribution in [0.1, 0.15) is 64.2 Å². The van der Waals surface area contributed by atoms with Crippen molar-refractivity contribution < 1.29 is 23.9 Å². The molecule has 1 spiro atoms. The lowest BCUT2D eigenvalue weighted by molar-refractivity contribution is -0.150. The van der Waals surface area contributed by atoms with Crippen molar-refractivity contribution in [3.8, 4) is 5.75 Å². The first-order valence-electron chi connectivity index (χ1n) is 11.7. The summed E-state index contributed by atoms with van der Waals surface area (Å²) in [5, 5.41) is 3.00. The molecule has 8 nitrogen and oxygen atoms in total. The molecular weight excluding hydrogens is 422 g/mol. The molecule has 0 radical (unpaired) electrons. The van der Waals surface area contributed by atoms with Crippen LogP contribution >= 0.6 is 0 Å². The lowest BCUT2D eigenvalue weighted by Crippen LogP contribution is -2.60. The largest absolute Gasteiger partial charge is 0.497 e. The van der Waals surface area contributed by atoms with Gasteiger partial charge in [-0.1, -0.05) is 27.7 Å². The van der Waals surface area contributed by atoms with Gasteiger partial charge in [0.15, 0.2) is 0 Å². The molecule has 2 aliphatic rings. The molecule has 0 bridgehead atoms. The highest BCUT2D eigenvalue weighted by Gasteiger charge is 2.54. The number of carbonyl (C=O) groups is 3. The lowest BCUT2D eigenvalue weighted by atomic mass is 9.91. The van der Waals surface area contributed by atoms with Crippen molar-refractivity contribution in [2.45, 2.75) is 71.7 Å². The summed E-state index contributed by atoms with van der Waals surface area (Å²) < 4.78 is 11.4. The number of rotatable bonds is 5. The number of methoxy groups -OCH3 is 1. The molecule has 2 aliphatic heterocycles. The highest BCUT2D eigenvalue weighted by atomic mass is 16.5. The zero-order valence-electron chi connectivity index (χ0n) is 20.6. The van der Waals surface area contributed by atoms with Crippen molar-refractivity contribution in [2.75, 3.05) is 26.8 Å². The SMILES string of the molecule is CCC(C)NC(=O)C1COC2(CCN(C(=O)C(C)(C)C)CC2)N1C(=O)c1ccc(OC)cc1. The monoisotopic (exact) mass is 459 g/mol. The van der Waals surface area contributed by atoms with Crippen molar-refractivity contribution in [2.24, 2.45) is 5.41 Å². The molecule has 3 rings (SSSR count). The Morgan fingerprint density at radius 1 is 1.18 bits per heavy atom. The second kappa shape index (κ2) is 9.71. The molecule has 2 heterocycles. The summed E-state index contributed by atoms with van der Waals surface area (Å²) in [6.45, 7) is 10.7. The van der Waals surface area contributed by atoms with E-state index in [2.05, 4.69) is 5.32 Å². The van der Waals surface area contributed by atoms with Gasteiger partial charge in [0.2, 0.25) is 11.8 Å². The third-order valence-corrected chi connectivity index (χ3v) is 6.59. The third-order valence-electron chi connectivity index (χ3n) is 6.59. The van der Waals surface area contributed by atoms with E-state index in [1.165, 1.54) is 0 Å². The van der Waals surface area contributed by atoms with Crippen LogP contribution in [0.15, 0.2) is 24.3 Å². The van der Waals surface area contributed by atoms with Gasteiger partial charge in [0, 0.05) is 43.0 Å². The maximum atomic E-state index is 13.7. The number of nitrogens with zero attached hydrogens (tertiary/aromatic N) is 2. The molecular formula is C25H37N3O5. The predicted octanol–water partition coefficient (Wildman–Crippen LogP) is 2.82. The van der Waals surface area contributed by atoms with E-state index < -0.39 is 17.2 Å². The highest BCUT2D eigenvalue weighted by molar-refractivity contribution is 5.98. The molecule has 1 aromatic carbocycles. The second-order valence-corrected chi connectivity index (χ2v) is 10.0. The first-order valence-corrected chi connectivity index (χ1v) is 11.7. The van der Waals surface area contributed by atoms with Gasteiger partial charge in [-0.2, -0.15) is 0 Å². The zero-order valence-corrected chi connectivity index (χ0v) is 20.6. The molecule has 3 amide bonds. The number of carbonyl (C=O) groups excluding carboxylic acids is 3. The average Bonchev–Trinajstić information content (AvgIpc) is 3.16. The molecule has 0 aromatic heterocycles. The molecule has 1 N–H and O–H groups in total. The average molecular weight is 460 g/mol. The summed E-state index contributed by atoms with van der Waals surface area (Å²) >= 11 is 0. The number of piperidine rings is 1. The van der Waals surface area contributed by atoms with Gasteiger partial charge in [-0.25, -0.2) is 0 Å². The first-order chi connectivity index (χ1) is 15.5. The summed E-state index contributed by atoms with van der Waals surface area (Å²) in [6.07, 6.45) is 1.72. The van der Waals surface area contributed by atoms with E-state index in [0.717, 1.165) is 6.42 Å². The van der Waals surface area contributed by atoms with E-state index in [1.54, 1.807) is 36.3 Å². The minimum Gasteiger partial charge on any atom is -0.497 e. The molecule has 0 saturated carbocycles. The van der Waals surface area contributed by atoms with E-state index in [1.807, 2.05) is 39.5 Å². The van der Waals surface area contributed by atoms with E-state index in [-0.39, 0.29) is 30.4 Å². The van der Waals surface area contributed by atoms with Gasteiger partial charge in [0.1, 0.15) is 17.5 Å². The molecule has 2 fully saturated rings. The van der Waals surface area contributed by atoms with Crippen LogP contribution in [0.4, 0.5) is 0 Å². The van der Waals surface area contributed by atoms with Gasteiger partial charge in [0.05, 0.1) is 13.7 Å². The summed E-state index contributed by atoms with van der Waals surface area (Å²) in [5.41, 5.74) is -0.920. The smallest absolute Gasteiger partial charge is 0.256 e. The minimum atomic E-state index is -0.914. The van der Waals surface area contributed by atoms with E-state index in [0.29, 0.717) is 37.2 Å². The van der Waals surface area contributed by atoms with Crippen LogP contribution < -0.4 is 10.1 Å². The molecule has 2 atom stereocenters. The van der Waals surface area contributed by atoms with Gasteiger partial charge in [-0.05, 0) is 37.6 Å². The fourth-order valence-corrected chi connectivity index (χ4v) is 4.41. The number of likely N-dealkylation sites (tertiary alicyclic amines) is 1. The number of hydrogen-bond donors (Lipinski definition) is 1. The van der Waals surface area contributed by atoms with Crippen LogP contribution in [-0.4, -0.2) is 72.1 Å². The summed E-state index contributed by atoms with van der Waals surface area (Å²) in [7, 11) is 1.57. The number of hydrogen-bond acceptors (Lipinski definition) is 5. The quantitative estimate of drug-likeness (QED) is 0.732. The predicted molar refractivity (Wildman–Crippen MR) is 125 cm³/mol. The maximum absolute atomic E-state index is 13.7. The number of benzene rings is 1. The fraction of sp³-hybridized carbons (Fsp3) is 0.640. The Labute approximate surface area is 196 Å².